The molecule has 2 rings (SSSR count). The van der Waals surface area contributed by atoms with E-state index < -0.39 is 24.0 Å². The van der Waals surface area contributed by atoms with Crippen molar-refractivity contribution >= 4 is 41.7 Å². The van der Waals surface area contributed by atoms with Crippen molar-refractivity contribution in [2.45, 2.75) is 36.8 Å². The number of imidazole rings is 1. The van der Waals surface area contributed by atoms with Crippen LogP contribution in [0.5, 0.6) is 0 Å². The lowest BCUT2D eigenvalue weighted by Gasteiger charge is -2.39. The Labute approximate surface area is 179 Å². The van der Waals surface area contributed by atoms with Crippen molar-refractivity contribution < 1.29 is 18.3 Å². The molecule has 0 amide bonds. The number of aromatic nitrogens is 2. The van der Waals surface area contributed by atoms with Gasteiger partial charge in [-0.05, 0) is 13.8 Å². The highest BCUT2D eigenvalue weighted by atomic mass is 127. The fourth-order valence-corrected chi connectivity index (χ4v) is 4.14. The third kappa shape index (κ3) is 5.66. The Bertz CT molecular complexity index is 652. The number of aliphatic imine (C=N–C) groups is 1. The summed E-state index contributed by atoms with van der Waals surface area (Å²) in [7, 11) is 3.03. The Kier molecular flexibility index (Phi) is 8.30. The van der Waals surface area contributed by atoms with E-state index in [0.717, 1.165) is 18.8 Å². The van der Waals surface area contributed by atoms with Crippen LogP contribution in [-0.2, 0) is 12.6 Å². The zero-order valence-corrected chi connectivity index (χ0v) is 19.0. The first-order valence-corrected chi connectivity index (χ1v) is 9.35. The Morgan fingerprint density at radius 3 is 2.59 bits per heavy atom. The first-order valence-electron chi connectivity index (χ1n) is 8.37. The zero-order valence-electron chi connectivity index (χ0n) is 15.9. The monoisotopic (exact) mass is 521 g/mol. The molecule has 1 aliphatic rings. The molecule has 11 heteroatoms. The number of guanidine groups is 1. The van der Waals surface area contributed by atoms with Crippen LogP contribution in [0.25, 0.3) is 0 Å². The first kappa shape index (κ1) is 24.3. The Balaban J connectivity index is 0.00000364. The summed E-state index contributed by atoms with van der Waals surface area (Å²) >= 11 is 1.86. The number of nitrogens with zero attached hydrogens (tertiary/aromatic N) is 4. The van der Waals surface area contributed by atoms with Gasteiger partial charge < -0.3 is 19.9 Å². The molecule has 1 aromatic rings. The molecular formula is C16H27F3IN5OS. The van der Waals surface area contributed by atoms with E-state index >= 15 is 0 Å². The molecule has 2 heterocycles. The maximum absolute atomic E-state index is 13.5. The highest BCUT2D eigenvalue weighted by Gasteiger charge is 2.57. The van der Waals surface area contributed by atoms with Crippen molar-refractivity contribution in [1.29, 1.82) is 0 Å². The molecule has 0 radical (unpaired) electrons. The van der Waals surface area contributed by atoms with Gasteiger partial charge in [-0.3, -0.25) is 4.99 Å². The maximum Gasteiger partial charge on any atom is 0.424 e. The van der Waals surface area contributed by atoms with Gasteiger partial charge in [0, 0.05) is 63.0 Å². The molecule has 1 saturated heterocycles. The predicted octanol–water partition coefficient (Wildman–Crippen LogP) is 2.58. The number of hydrogen-bond acceptors (Lipinski definition) is 4. The molecule has 156 valence electrons. The average Bonchev–Trinajstić information content (AvgIpc) is 2.95. The number of halogens is 4. The van der Waals surface area contributed by atoms with E-state index in [2.05, 4.69) is 29.1 Å². The van der Waals surface area contributed by atoms with Crippen molar-refractivity contribution in [3.05, 3.63) is 18.2 Å². The molecule has 1 aromatic heterocycles. The van der Waals surface area contributed by atoms with Gasteiger partial charge in [-0.15, -0.1) is 24.0 Å². The second kappa shape index (κ2) is 9.21. The van der Waals surface area contributed by atoms with Crippen LogP contribution >= 0.6 is 35.7 Å². The molecule has 0 spiro atoms. The second-order valence-electron chi connectivity index (χ2n) is 6.97. The summed E-state index contributed by atoms with van der Waals surface area (Å²) in [6.45, 7) is 5.69. The molecule has 6 nitrogen and oxygen atoms in total. The molecule has 1 atom stereocenters. The highest BCUT2D eigenvalue weighted by Crippen LogP contribution is 2.40. The van der Waals surface area contributed by atoms with Crippen LogP contribution < -0.4 is 5.32 Å². The summed E-state index contributed by atoms with van der Waals surface area (Å²) in [5.74, 6) is 1.05. The number of aliphatic hydroxyl groups is 1. The largest absolute Gasteiger partial charge is 0.424 e. The summed E-state index contributed by atoms with van der Waals surface area (Å²) in [6, 6.07) is 0. The lowest BCUT2D eigenvalue weighted by atomic mass is 9.97. The highest BCUT2D eigenvalue weighted by molar-refractivity contribution is 14.0. The topological polar surface area (TPSA) is 65.7 Å². The summed E-state index contributed by atoms with van der Waals surface area (Å²) in [4.78, 5) is 9.91. The van der Waals surface area contributed by atoms with Crippen LogP contribution in [0.1, 0.15) is 26.1 Å². The summed E-state index contributed by atoms with van der Waals surface area (Å²) in [6.07, 6.45) is -2.77. The second-order valence-corrected chi connectivity index (χ2v) is 8.78. The third-order valence-corrected chi connectivity index (χ3v) is 5.66. The molecule has 0 aromatic carbocycles. The van der Waals surface area contributed by atoms with Crippen LogP contribution in [0.4, 0.5) is 13.2 Å². The van der Waals surface area contributed by atoms with Crippen LogP contribution in [0.2, 0.25) is 0 Å². The predicted molar refractivity (Wildman–Crippen MR) is 113 cm³/mol. The molecule has 0 aliphatic carbocycles. The van der Waals surface area contributed by atoms with Gasteiger partial charge in [0.1, 0.15) is 5.82 Å². The van der Waals surface area contributed by atoms with Crippen molar-refractivity contribution in [3.63, 3.8) is 0 Å². The van der Waals surface area contributed by atoms with Crippen LogP contribution in [-0.4, -0.2) is 68.9 Å². The number of nitrogens with one attached hydrogen (secondary N) is 1. The molecule has 1 fully saturated rings. The van der Waals surface area contributed by atoms with Gasteiger partial charge in [0.2, 0.25) is 5.60 Å². The maximum atomic E-state index is 13.5. The minimum atomic E-state index is -4.83. The summed E-state index contributed by atoms with van der Waals surface area (Å²) < 4.78 is 41.8. The van der Waals surface area contributed by atoms with E-state index in [1.54, 1.807) is 7.05 Å². The van der Waals surface area contributed by atoms with Crippen molar-refractivity contribution in [3.8, 4) is 0 Å². The summed E-state index contributed by atoms with van der Waals surface area (Å²) in [5, 5.41) is 13.3. The van der Waals surface area contributed by atoms with Gasteiger partial charge >= 0.3 is 6.18 Å². The lowest BCUT2D eigenvalue weighted by Crippen LogP contribution is -2.52. The van der Waals surface area contributed by atoms with Gasteiger partial charge in [-0.25, -0.2) is 4.98 Å². The van der Waals surface area contributed by atoms with Gasteiger partial charge in [0.15, 0.2) is 5.96 Å². The van der Waals surface area contributed by atoms with E-state index in [1.807, 2.05) is 16.7 Å². The number of rotatable bonds is 4. The van der Waals surface area contributed by atoms with E-state index in [-0.39, 0.29) is 35.3 Å². The fraction of sp³-hybridized carbons (Fsp3) is 0.750. The third-order valence-electron chi connectivity index (χ3n) is 4.37. The quantitative estimate of drug-likeness (QED) is 0.363. The van der Waals surface area contributed by atoms with Gasteiger partial charge in [-0.2, -0.15) is 24.9 Å². The molecule has 27 heavy (non-hydrogen) atoms. The normalized spacial score (nSPS) is 20.0. The molecule has 0 bridgehead atoms. The first-order chi connectivity index (χ1) is 12.0. The Morgan fingerprint density at radius 1 is 1.44 bits per heavy atom. The van der Waals surface area contributed by atoms with Crippen molar-refractivity contribution in [2.24, 2.45) is 12.0 Å². The lowest BCUT2D eigenvalue weighted by molar-refractivity contribution is -0.272. The number of aryl methyl sites for hydroxylation is 1. The van der Waals surface area contributed by atoms with Crippen LogP contribution in [0.15, 0.2) is 17.4 Å². The molecule has 0 saturated carbocycles. The average molecular weight is 521 g/mol. The fourth-order valence-electron chi connectivity index (χ4n) is 3.03. The van der Waals surface area contributed by atoms with E-state index in [4.69, 9.17) is 0 Å². The molecule has 2 N–H and O–H groups in total. The Morgan fingerprint density at radius 2 is 2.11 bits per heavy atom. The standard InChI is InChI=1S/C16H26F3N5OS.HI/c1-14(2)11-24(9-10-26-14)13(20-3)22-6-5-15(25,16(17,18)19)12-21-7-8-23(12)4;/h7-8,25H,5-6,9-11H2,1-4H3,(H,20,22);1H. The van der Waals surface area contributed by atoms with E-state index in [9.17, 15) is 18.3 Å². The SMILES string of the molecule is CN=C(NCCC(O)(c1nccn1C)C(F)(F)F)N1CCSC(C)(C)C1.I. The molecule has 1 aliphatic heterocycles. The Hall–Kier alpha value is -0.690. The minimum absolute atomic E-state index is 0. The smallest absolute Gasteiger partial charge is 0.374 e. The van der Waals surface area contributed by atoms with Gasteiger partial charge in [-0.1, -0.05) is 0 Å². The minimum Gasteiger partial charge on any atom is -0.374 e. The summed E-state index contributed by atoms with van der Waals surface area (Å²) in [5.41, 5.74) is -3.02. The number of alkyl halides is 3. The van der Waals surface area contributed by atoms with E-state index in [0.29, 0.717) is 5.96 Å². The number of thioether (sulfide) groups is 1. The molecular weight excluding hydrogens is 494 g/mol. The van der Waals surface area contributed by atoms with Gasteiger partial charge in [0.25, 0.3) is 0 Å². The van der Waals surface area contributed by atoms with Gasteiger partial charge in [0.05, 0.1) is 0 Å². The van der Waals surface area contributed by atoms with Crippen molar-refractivity contribution in [1.82, 2.24) is 19.8 Å². The zero-order chi connectivity index (χ0) is 19.6. The van der Waals surface area contributed by atoms with Crippen molar-refractivity contribution in [2.75, 3.05) is 32.4 Å². The molecule has 1 unspecified atom stereocenters. The van der Waals surface area contributed by atoms with E-state index in [1.165, 1.54) is 24.0 Å². The van der Waals surface area contributed by atoms with Crippen LogP contribution in [0, 0.1) is 0 Å². The van der Waals surface area contributed by atoms with Crippen LogP contribution in [0.3, 0.4) is 0 Å². The number of hydrogen-bond donors (Lipinski definition) is 2.